The highest BCUT2D eigenvalue weighted by molar-refractivity contribution is 6.17. The first-order valence-corrected chi connectivity index (χ1v) is 9.78. The van der Waals surface area contributed by atoms with Crippen molar-refractivity contribution in [2.45, 2.75) is 12.8 Å². The predicted molar refractivity (Wildman–Crippen MR) is 114 cm³/mol. The highest BCUT2D eigenvalue weighted by Gasteiger charge is 2.19. The number of amides is 2. The molecular formula is C22H23N3O6. The van der Waals surface area contributed by atoms with Crippen LogP contribution in [0.3, 0.4) is 0 Å². The first-order valence-electron chi connectivity index (χ1n) is 9.78. The average Bonchev–Trinajstić information content (AvgIpc) is 2.92. The third kappa shape index (κ3) is 6.65. The molecule has 9 nitrogen and oxygen atoms in total. The fourth-order valence-electron chi connectivity index (χ4n) is 2.91. The molecule has 0 saturated carbocycles. The van der Waals surface area contributed by atoms with Crippen LogP contribution in [0.4, 0.5) is 11.4 Å². The smallest absolute Gasteiger partial charge is 0.305 e. The van der Waals surface area contributed by atoms with Gasteiger partial charge in [-0.3, -0.25) is 14.4 Å². The standard InChI is InChI=1S/C22H23N3O6/c26-20-13-18(24-16-6-2-3-7-17(16)25-20)15-5-1-4-8-19(15)31-14-21(27)23-10-12-30-11-9-22(28)29/h1-8H,9-14H2,(H,23,27)(H,25,26)(H,28,29). The van der Waals surface area contributed by atoms with Crippen molar-refractivity contribution in [1.29, 1.82) is 0 Å². The lowest BCUT2D eigenvalue weighted by molar-refractivity contribution is -0.138. The lowest BCUT2D eigenvalue weighted by atomic mass is 10.1. The summed E-state index contributed by atoms with van der Waals surface area (Å²) in [5, 5.41) is 14.0. The minimum absolute atomic E-state index is 0.0783. The van der Waals surface area contributed by atoms with Crippen molar-refractivity contribution in [1.82, 2.24) is 5.32 Å². The minimum Gasteiger partial charge on any atom is -0.483 e. The van der Waals surface area contributed by atoms with Gasteiger partial charge in [0.2, 0.25) is 5.91 Å². The lowest BCUT2D eigenvalue weighted by Crippen LogP contribution is -2.32. The van der Waals surface area contributed by atoms with Crippen molar-refractivity contribution < 1.29 is 29.0 Å². The number of para-hydroxylation sites is 3. The molecule has 1 aliphatic heterocycles. The summed E-state index contributed by atoms with van der Waals surface area (Å²) >= 11 is 0. The molecule has 1 aliphatic rings. The predicted octanol–water partition coefficient (Wildman–Crippen LogP) is 2.14. The normalized spacial score (nSPS) is 12.8. The van der Waals surface area contributed by atoms with Crippen LogP contribution in [0.25, 0.3) is 0 Å². The van der Waals surface area contributed by atoms with Gasteiger partial charge < -0.3 is 25.2 Å². The number of carbonyl (C=O) groups is 3. The monoisotopic (exact) mass is 425 g/mol. The molecule has 2 aromatic carbocycles. The van der Waals surface area contributed by atoms with Crippen LogP contribution in [0.2, 0.25) is 0 Å². The maximum absolute atomic E-state index is 12.3. The molecule has 3 N–H and O–H groups in total. The van der Waals surface area contributed by atoms with E-state index in [1.165, 1.54) is 0 Å². The highest BCUT2D eigenvalue weighted by atomic mass is 16.5. The van der Waals surface area contributed by atoms with Crippen LogP contribution in [0, 0.1) is 0 Å². The van der Waals surface area contributed by atoms with Crippen molar-refractivity contribution in [2.75, 3.05) is 31.7 Å². The molecular weight excluding hydrogens is 402 g/mol. The van der Waals surface area contributed by atoms with E-state index in [-0.39, 0.29) is 51.0 Å². The van der Waals surface area contributed by atoms with Gasteiger partial charge in [-0.25, -0.2) is 4.99 Å². The molecule has 0 aliphatic carbocycles. The molecule has 0 bridgehead atoms. The Labute approximate surface area is 179 Å². The number of nitrogens with one attached hydrogen (secondary N) is 2. The molecule has 2 aromatic rings. The summed E-state index contributed by atoms with van der Waals surface area (Å²) in [6, 6.07) is 14.4. The molecule has 0 radical (unpaired) electrons. The van der Waals surface area contributed by atoms with Gasteiger partial charge in [-0.2, -0.15) is 0 Å². The number of rotatable bonds is 10. The fraction of sp³-hybridized carbons (Fsp3) is 0.273. The fourth-order valence-corrected chi connectivity index (χ4v) is 2.91. The van der Waals surface area contributed by atoms with Gasteiger partial charge in [0.1, 0.15) is 5.75 Å². The van der Waals surface area contributed by atoms with Crippen molar-refractivity contribution in [3.8, 4) is 5.75 Å². The number of carboxylic acid groups (broad SMARTS) is 1. The van der Waals surface area contributed by atoms with Crippen LogP contribution < -0.4 is 15.4 Å². The molecule has 1 heterocycles. The Morgan fingerprint density at radius 3 is 2.71 bits per heavy atom. The zero-order valence-corrected chi connectivity index (χ0v) is 16.8. The topological polar surface area (TPSA) is 126 Å². The SMILES string of the molecule is O=C(O)CCOCCNC(=O)COc1ccccc1C1=Nc2ccccc2NC(=O)C1. The van der Waals surface area contributed by atoms with Gasteiger partial charge >= 0.3 is 5.97 Å². The van der Waals surface area contributed by atoms with Gasteiger partial charge in [0.15, 0.2) is 6.61 Å². The number of aliphatic imine (C=N–C) groups is 1. The van der Waals surface area contributed by atoms with Crippen molar-refractivity contribution in [2.24, 2.45) is 4.99 Å². The Balaban J connectivity index is 1.60. The average molecular weight is 425 g/mol. The summed E-state index contributed by atoms with van der Waals surface area (Å²) in [5.74, 6) is -1.02. The Hall–Kier alpha value is -3.72. The van der Waals surface area contributed by atoms with Crippen molar-refractivity contribution in [3.63, 3.8) is 0 Å². The molecule has 0 atom stereocenters. The Bertz CT molecular complexity index is 989. The quantitative estimate of drug-likeness (QED) is 0.501. The number of carbonyl (C=O) groups excluding carboxylic acids is 2. The third-order valence-corrected chi connectivity index (χ3v) is 4.35. The largest absolute Gasteiger partial charge is 0.483 e. The zero-order chi connectivity index (χ0) is 22.1. The molecule has 0 saturated heterocycles. The highest BCUT2D eigenvalue weighted by Crippen LogP contribution is 2.30. The van der Waals surface area contributed by atoms with Gasteiger partial charge in [0.25, 0.3) is 5.91 Å². The molecule has 2 amide bonds. The van der Waals surface area contributed by atoms with E-state index >= 15 is 0 Å². The molecule has 0 unspecified atom stereocenters. The lowest BCUT2D eigenvalue weighted by Gasteiger charge is -2.12. The number of carboxylic acids is 1. The van der Waals surface area contributed by atoms with E-state index in [1.807, 2.05) is 24.3 Å². The van der Waals surface area contributed by atoms with E-state index in [9.17, 15) is 14.4 Å². The van der Waals surface area contributed by atoms with Gasteiger partial charge in [-0.05, 0) is 24.3 Å². The molecule has 0 aromatic heterocycles. The van der Waals surface area contributed by atoms with Crippen molar-refractivity contribution in [3.05, 3.63) is 54.1 Å². The van der Waals surface area contributed by atoms with E-state index in [4.69, 9.17) is 14.6 Å². The van der Waals surface area contributed by atoms with E-state index in [2.05, 4.69) is 15.6 Å². The second-order valence-electron chi connectivity index (χ2n) is 6.69. The summed E-state index contributed by atoms with van der Waals surface area (Å²) in [4.78, 5) is 39.4. The van der Waals surface area contributed by atoms with E-state index in [1.54, 1.807) is 24.3 Å². The maximum Gasteiger partial charge on any atom is 0.305 e. The van der Waals surface area contributed by atoms with Crippen LogP contribution in [0.5, 0.6) is 5.75 Å². The number of nitrogens with zero attached hydrogens (tertiary/aromatic N) is 1. The van der Waals surface area contributed by atoms with E-state index < -0.39 is 5.97 Å². The van der Waals surface area contributed by atoms with Crippen LogP contribution >= 0.6 is 0 Å². The van der Waals surface area contributed by atoms with E-state index in [0.717, 1.165) is 0 Å². The van der Waals surface area contributed by atoms with Gasteiger partial charge in [-0.15, -0.1) is 0 Å². The second-order valence-corrected chi connectivity index (χ2v) is 6.69. The number of hydrogen-bond acceptors (Lipinski definition) is 6. The number of benzene rings is 2. The van der Waals surface area contributed by atoms with Crippen LogP contribution in [0.15, 0.2) is 53.5 Å². The number of anilines is 1. The molecule has 9 heteroatoms. The summed E-state index contributed by atoms with van der Waals surface area (Å²) in [6.45, 7) is 0.324. The van der Waals surface area contributed by atoms with E-state index in [0.29, 0.717) is 28.4 Å². The number of hydrogen-bond donors (Lipinski definition) is 3. The second kappa shape index (κ2) is 10.9. The van der Waals surface area contributed by atoms with Crippen LogP contribution in [-0.4, -0.2) is 55.0 Å². The molecule has 0 spiro atoms. The Morgan fingerprint density at radius 2 is 1.87 bits per heavy atom. The maximum atomic E-state index is 12.3. The first-order chi connectivity index (χ1) is 15.0. The molecule has 0 fully saturated rings. The summed E-state index contributed by atoms with van der Waals surface area (Å²) < 4.78 is 10.8. The third-order valence-electron chi connectivity index (χ3n) is 4.35. The zero-order valence-electron chi connectivity index (χ0n) is 16.8. The molecule has 3 rings (SSSR count). The summed E-state index contributed by atoms with van der Waals surface area (Å²) in [5.41, 5.74) is 2.48. The Morgan fingerprint density at radius 1 is 1.10 bits per heavy atom. The van der Waals surface area contributed by atoms with Gasteiger partial charge in [0.05, 0.1) is 43.1 Å². The minimum atomic E-state index is -0.935. The summed E-state index contributed by atoms with van der Waals surface area (Å²) in [6.07, 6.45) is -0.00480. The number of ether oxygens (including phenoxy) is 2. The molecule has 162 valence electrons. The number of fused-ring (bicyclic) bond motifs is 1. The molecule has 31 heavy (non-hydrogen) atoms. The van der Waals surface area contributed by atoms with Crippen LogP contribution in [-0.2, 0) is 19.1 Å². The Kier molecular flexibility index (Phi) is 7.72. The van der Waals surface area contributed by atoms with Crippen LogP contribution in [0.1, 0.15) is 18.4 Å². The van der Waals surface area contributed by atoms with Gasteiger partial charge in [-0.1, -0.05) is 24.3 Å². The van der Waals surface area contributed by atoms with Gasteiger partial charge in [0, 0.05) is 12.1 Å². The summed E-state index contributed by atoms with van der Waals surface area (Å²) in [7, 11) is 0. The van der Waals surface area contributed by atoms with Crippen molar-refractivity contribution >= 4 is 34.9 Å². The first kappa shape index (κ1) is 22.0. The number of aliphatic carboxylic acids is 1.